The number of primary amides is 1. The van der Waals surface area contributed by atoms with E-state index in [1.54, 1.807) is 6.07 Å². The van der Waals surface area contributed by atoms with Crippen LogP contribution in [0.2, 0.25) is 0 Å². The van der Waals surface area contributed by atoms with Crippen molar-refractivity contribution in [3.63, 3.8) is 0 Å². The second-order valence-electron chi connectivity index (χ2n) is 10.1. The largest absolute Gasteiger partial charge is 0.508 e. The summed E-state index contributed by atoms with van der Waals surface area (Å²) in [6.45, 7) is 0. The lowest BCUT2D eigenvalue weighted by Crippen LogP contribution is -2.65. The minimum Gasteiger partial charge on any atom is -0.508 e. The first-order valence-corrected chi connectivity index (χ1v) is 11.7. The number of carbonyl (C=O) groups is 3. The fourth-order valence-electron chi connectivity index (χ4n) is 6.09. The molecule has 0 unspecified atom stereocenters. The molecule has 0 spiro atoms. The number of anilines is 1. The number of hydrogen-bond acceptors (Lipinski definition) is 10. The number of phenols is 1. The maximum atomic E-state index is 13.8. The summed E-state index contributed by atoms with van der Waals surface area (Å²) in [6.07, 6.45) is 1.30. The molecule has 1 heterocycles. The van der Waals surface area contributed by atoms with E-state index in [2.05, 4.69) is 4.98 Å². The van der Waals surface area contributed by atoms with Gasteiger partial charge in [-0.05, 0) is 56.6 Å². The third-order valence-electron chi connectivity index (χ3n) is 7.79. The summed E-state index contributed by atoms with van der Waals surface area (Å²) >= 11 is 0. The molecule has 3 aliphatic rings. The number of amides is 1. The van der Waals surface area contributed by atoms with Gasteiger partial charge in [0.05, 0.1) is 17.3 Å². The molecular weight excluding hydrogens is 499 g/mol. The van der Waals surface area contributed by atoms with E-state index in [4.69, 9.17) is 11.5 Å². The van der Waals surface area contributed by atoms with E-state index in [1.807, 2.05) is 0 Å². The number of rotatable bonds is 3. The monoisotopic (exact) mass is 524 g/mol. The Hall–Kier alpha value is -4.29. The molecular formula is C26H25FN4O7. The van der Waals surface area contributed by atoms with Gasteiger partial charge in [0.2, 0.25) is 11.7 Å². The molecule has 1 aromatic heterocycles. The van der Waals surface area contributed by atoms with Crippen LogP contribution in [0.15, 0.2) is 41.3 Å². The minimum atomic E-state index is -2.72. The Balaban J connectivity index is 1.71. The first kappa shape index (κ1) is 25.4. The van der Waals surface area contributed by atoms with E-state index in [-0.39, 0.29) is 29.7 Å². The van der Waals surface area contributed by atoms with Gasteiger partial charge >= 0.3 is 0 Å². The molecule has 1 amide bonds. The van der Waals surface area contributed by atoms with Gasteiger partial charge < -0.3 is 31.9 Å². The van der Waals surface area contributed by atoms with Crippen molar-refractivity contribution < 1.29 is 39.2 Å². The van der Waals surface area contributed by atoms with E-state index in [9.17, 15) is 39.2 Å². The Morgan fingerprint density at radius 3 is 2.47 bits per heavy atom. The summed E-state index contributed by atoms with van der Waals surface area (Å²) in [5.41, 5.74) is 8.45. The van der Waals surface area contributed by atoms with Crippen LogP contribution in [0, 0.1) is 17.8 Å². The molecule has 3 aliphatic carbocycles. The van der Waals surface area contributed by atoms with Crippen molar-refractivity contribution in [2.75, 3.05) is 19.8 Å². The number of pyridine rings is 1. The smallest absolute Gasteiger partial charge is 0.255 e. The number of phenolic OH excluding ortho intramolecular Hbond substituents is 1. The zero-order valence-electron chi connectivity index (χ0n) is 20.4. The number of aliphatic hydroxyl groups is 3. The standard InChI is InChI=1S/C26H25FN4O7/c1-31(2)19-13-7-11-5-10-6-12(9-3-4-14(27)30-8-9)18(28)21(33)15(10)20(32)16(11)23(35)26(13,38)24(36)17(22(19)34)25(29)37/h3-4,6,8,11,13,19,32-33,36,38H,5,7,28H2,1-2H3,(H2,29,37)/t11-,13-,19-,26-/m0/s1. The number of halogens is 1. The van der Waals surface area contributed by atoms with Crippen LogP contribution in [0.4, 0.5) is 10.1 Å². The number of nitrogens with zero attached hydrogens (tertiary/aromatic N) is 2. The predicted molar refractivity (Wildman–Crippen MR) is 132 cm³/mol. The normalized spacial score (nSPS) is 26.8. The molecule has 0 bridgehead atoms. The second kappa shape index (κ2) is 8.36. The van der Waals surface area contributed by atoms with Gasteiger partial charge in [-0.2, -0.15) is 4.39 Å². The van der Waals surface area contributed by atoms with Gasteiger partial charge in [0, 0.05) is 28.8 Å². The summed E-state index contributed by atoms with van der Waals surface area (Å²) in [7, 11) is 3.05. The zero-order chi connectivity index (χ0) is 27.8. The maximum Gasteiger partial charge on any atom is 0.255 e. The van der Waals surface area contributed by atoms with Gasteiger partial charge in [-0.3, -0.25) is 19.3 Å². The molecule has 198 valence electrons. The lowest BCUT2D eigenvalue weighted by Gasteiger charge is -2.50. The van der Waals surface area contributed by atoms with Crippen LogP contribution in [-0.4, -0.2) is 73.5 Å². The molecule has 12 heteroatoms. The van der Waals surface area contributed by atoms with Crippen molar-refractivity contribution in [3.05, 3.63) is 58.4 Å². The zero-order valence-corrected chi connectivity index (χ0v) is 20.4. The molecule has 38 heavy (non-hydrogen) atoms. The van der Waals surface area contributed by atoms with Crippen molar-refractivity contribution in [2.24, 2.45) is 17.6 Å². The molecule has 5 rings (SSSR count). The van der Waals surface area contributed by atoms with Gasteiger partial charge in [-0.1, -0.05) is 0 Å². The number of likely N-dealkylation sites (N-methyl/N-ethyl adjacent to an activating group) is 1. The van der Waals surface area contributed by atoms with Gasteiger partial charge in [0.15, 0.2) is 11.4 Å². The number of ketones is 2. The Morgan fingerprint density at radius 1 is 1.21 bits per heavy atom. The maximum absolute atomic E-state index is 13.8. The number of aromatic nitrogens is 1. The summed E-state index contributed by atoms with van der Waals surface area (Å²) in [4.78, 5) is 44.0. The Morgan fingerprint density at radius 2 is 1.89 bits per heavy atom. The van der Waals surface area contributed by atoms with Gasteiger partial charge in [0.25, 0.3) is 5.91 Å². The van der Waals surface area contributed by atoms with Crippen LogP contribution in [0.5, 0.6) is 5.75 Å². The molecule has 1 saturated carbocycles. The van der Waals surface area contributed by atoms with Crippen molar-refractivity contribution in [2.45, 2.75) is 24.5 Å². The van der Waals surface area contributed by atoms with Crippen LogP contribution < -0.4 is 11.5 Å². The number of nitrogen functional groups attached to an aromatic ring is 1. The van der Waals surface area contributed by atoms with Crippen molar-refractivity contribution in [1.82, 2.24) is 9.88 Å². The molecule has 11 nitrogen and oxygen atoms in total. The SMILES string of the molecule is CN(C)[C@@H]1C(=O)C(C(N)=O)=C(O)[C@@]2(O)C(=O)C3=C(O)c4c(cc(-c5ccc(F)nc5)c(N)c4O)C[C@H]3C[C@@H]12. The highest BCUT2D eigenvalue weighted by molar-refractivity contribution is 6.24. The fourth-order valence-corrected chi connectivity index (χ4v) is 6.09. The quantitative estimate of drug-likeness (QED) is 0.144. The Bertz CT molecular complexity index is 1500. The summed E-state index contributed by atoms with van der Waals surface area (Å²) in [6, 6.07) is 2.97. The van der Waals surface area contributed by atoms with Crippen LogP contribution in [0.3, 0.4) is 0 Å². The molecule has 1 aromatic carbocycles. The molecule has 0 saturated heterocycles. The summed E-state index contributed by atoms with van der Waals surface area (Å²) in [5, 5.41) is 44.6. The van der Waals surface area contributed by atoms with Crippen molar-refractivity contribution in [3.8, 4) is 16.9 Å². The van der Waals surface area contributed by atoms with Crippen LogP contribution in [0.1, 0.15) is 17.5 Å². The first-order valence-electron chi connectivity index (χ1n) is 11.7. The molecule has 8 N–H and O–H groups in total. The number of Topliss-reactive ketones (excluding diaryl/α,β-unsaturated/α-hetero) is 2. The number of carbonyl (C=O) groups excluding carboxylic acids is 3. The lowest BCUT2D eigenvalue weighted by molar-refractivity contribution is -0.153. The first-order chi connectivity index (χ1) is 17.8. The Kier molecular flexibility index (Phi) is 5.58. The van der Waals surface area contributed by atoms with Crippen LogP contribution in [-0.2, 0) is 20.8 Å². The fraction of sp³-hybridized carbons (Fsp3) is 0.308. The van der Waals surface area contributed by atoms with Gasteiger partial charge in [0.1, 0.15) is 22.8 Å². The number of aliphatic hydroxyl groups excluding tert-OH is 2. The minimum absolute atomic E-state index is 0.0374. The molecule has 2 aromatic rings. The highest BCUT2D eigenvalue weighted by Crippen LogP contribution is 2.53. The van der Waals surface area contributed by atoms with E-state index in [0.29, 0.717) is 16.7 Å². The molecule has 1 fully saturated rings. The predicted octanol–water partition coefficient (Wildman–Crippen LogP) is 0.747. The average Bonchev–Trinajstić information content (AvgIpc) is 2.83. The van der Waals surface area contributed by atoms with Crippen LogP contribution in [0.25, 0.3) is 16.9 Å². The van der Waals surface area contributed by atoms with E-state index in [0.717, 1.165) is 6.07 Å². The highest BCUT2D eigenvalue weighted by Gasteiger charge is 2.64. The highest BCUT2D eigenvalue weighted by atomic mass is 19.1. The van der Waals surface area contributed by atoms with Gasteiger partial charge in [-0.25, -0.2) is 4.98 Å². The molecule has 4 atom stereocenters. The second-order valence-corrected chi connectivity index (χ2v) is 10.1. The summed E-state index contributed by atoms with van der Waals surface area (Å²) < 4.78 is 13.4. The number of hydrogen-bond donors (Lipinski definition) is 6. The average molecular weight is 525 g/mol. The van der Waals surface area contributed by atoms with Gasteiger partial charge in [-0.15, -0.1) is 0 Å². The van der Waals surface area contributed by atoms with E-state index in [1.165, 1.54) is 31.3 Å². The van der Waals surface area contributed by atoms with E-state index < -0.39 is 69.7 Å². The number of nitrogens with two attached hydrogens (primary N) is 2. The van der Waals surface area contributed by atoms with E-state index >= 15 is 0 Å². The topological polar surface area (TPSA) is 200 Å². The number of aromatic hydroxyl groups is 1. The number of fused-ring (bicyclic) bond motifs is 3. The molecule has 0 aliphatic heterocycles. The lowest BCUT2D eigenvalue weighted by atomic mass is 9.57. The van der Waals surface area contributed by atoms with Crippen LogP contribution >= 0.6 is 0 Å². The molecule has 0 radical (unpaired) electrons. The third kappa shape index (κ3) is 3.26. The Labute approximate surface area is 215 Å². The van der Waals surface area contributed by atoms with Crippen molar-refractivity contribution >= 4 is 28.9 Å². The summed E-state index contributed by atoms with van der Waals surface area (Å²) in [5.74, 6) is -8.18. The van der Waals surface area contributed by atoms with Crippen molar-refractivity contribution in [1.29, 1.82) is 0 Å². The third-order valence-corrected chi connectivity index (χ3v) is 7.79. The number of benzene rings is 1.